The first-order chi connectivity index (χ1) is 60.3. The average Bonchev–Trinajstić information content (AvgIpc) is 0.884. The van der Waals surface area contributed by atoms with Gasteiger partial charge < -0.3 is 69.3 Å². The number of aliphatic carboxylic acids is 1. The number of pyridine rings is 1. The van der Waals surface area contributed by atoms with Crippen LogP contribution < -0.4 is 38.8 Å². The lowest BCUT2D eigenvalue weighted by Gasteiger charge is -2.21. The van der Waals surface area contributed by atoms with Crippen molar-refractivity contribution < 1.29 is 149 Å². The number of alkyl halides is 2. The van der Waals surface area contributed by atoms with E-state index in [1.165, 1.54) is 78.9 Å². The average molecular weight is 1900 g/mol. The number of nitrogens with one attached hydrogen (secondary N) is 4. The van der Waals surface area contributed by atoms with Gasteiger partial charge in [0.15, 0.2) is 43.7 Å². The van der Waals surface area contributed by atoms with Crippen molar-refractivity contribution in [1.29, 1.82) is 0 Å². The molecule has 1 aliphatic rings. The molecule has 10 rings (SSSR count). The van der Waals surface area contributed by atoms with Crippen LogP contribution in [-0.4, -0.2) is 172 Å². The maximum absolute atomic E-state index is 13.1. The molecule has 0 spiro atoms. The van der Waals surface area contributed by atoms with Crippen LogP contribution in [0.15, 0.2) is 213 Å². The molecular weight excluding hydrogens is 1810 g/mol. The van der Waals surface area contributed by atoms with Crippen molar-refractivity contribution in [1.82, 2.24) is 18.9 Å². The van der Waals surface area contributed by atoms with Crippen LogP contribution >= 0.6 is 23.2 Å². The normalized spacial score (nSPS) is 11.7. The van der Waals surface area contributed by atoms with Crippen LogP contribution in [0.5, 0.6) is 11.5 Å². The number of aliphatic hydroxyl groups excluding tert-OH is 1. The quantitative estimate of drug-likeness (QED) is 0.00759. The number of carbonyl (C=O) groups excluding carboxylic acids is 6. The molecule has 10 N–H and O–H groups in total. The van der Waals surface area contributed by atoms with Crippen LogP contribution in [0, 0.1) is 11.1 Å². The Kier molecular flexibility index (Phi) is 44.1. The van der Waals surface area contributed by atoms with Crippen LogP contribution in [0.1, 0.15) is 121 Å². The highest BCUT2D eigenvalue weighted by atomic mass is 35.5. The molecule has 1 fully saturated rings. The van der Waals surface area contributed by atoms with E-state index in [1.807, 2.05) is 60.7 Å². The predicted molar refractivity (Wildman–Crippen MR) is 458 cm³/mol. The summed E-state index contributed by atoms with van der Waals surface area (Å²) in [5.74, 6) is -7.52. The summed E-state index contributed by atoms with van der Waals surface area (Å²) in [5, 5.41) is 45.6. The molecule has 0 radical (unpaired) electrons. The number of carbonyl (C=O) groups is 9. The molecule has 1 heterocycles. The zero-order valence-electron chi connectivity index (χ0n) is 68.6. The van der Waals surface area contributed by atoms with Gasteiger partial charge in [0.1, 0.15) is 36.0 Å². The molecule has 0 unspecified atom stereocenters. The first-order valence-corrected chi connectivity index (χ1v) is 45.8. The molecule has 1 saturated carbocycles. The summed E-state index contributed by atoms with van der Waals surface area (Å²) >= 11 is 12.5. The highest BCUT2D eigenvalue weighted by Gasteiger charge is 2.28. The van der Waals surface area contributed by atoms with Gasteiger partial charge in [0, 0.05) is 44.7 Å². The Morgan fingerprint density at radius 3 is 1.15 bits per heavy atom. The predicted octanol–water partition coefficient (Wildman–Crippen LogP) is 8.36. The lowest BCUT2D eigenvalue weighted by molar-refractivity contribution is -0.605. The van der Waals surface area contributed by atoms with E-state index >= 15 is 0 Å². The van der Waals surface area contributed by atoms with Crippen molar-refractivity contribution in [2.24, 2.45) is 11.7 Å². The monoisotopic (exact) mass is 1900 g/mol. The van der Waals surface area contributed by atoms with Gasteiger partial charge in [-0.1, -0.05) is 151 Å². The number of nitrogens with two attached hydrogens (primary N) is 1. The summed E-state index contributed by atoms with van der Waals surface area (Å²) in [6.07, 6.45) is 6.94. The molecule has 0 aliphatic heterocycles. The van der Waals surface area contributed by atoms with Gasteiger partial charge in [0.25, 0.3) is 0 Å². The molecule has 1 atom stereocenters. The topological polar surface area (TPSA) is 546 Å². The Hall–Kier alpha value is -12.5. The number of aromatic carboxylic acids is 2. The number of carboxylic acids is 3. The smallest absolute Gasteiger partial charge is 0.387 e. The fourth-order valence-electron chi connectivity index (χ4n) is 9.73. The van der Waals surface area contributed by atoms with Crippen LogP contribution in [0.3, 0.4) is 0 Å². The minimum atomic E-state index is -3.40. The summed E-state index contributed by atoms with van der Waals surface area (Å²) in [6.45, 7) is -4.16. The van der Waals surface area contributed by atoms with Crippen molar-refractivity contribution >= 4 is 117 Å². The molecule has 9 aromatic rings. The van der Waals surface area contributed by atoms with Gasteiger partial charge in [-0.25, -0.2) is 95.7 Å². The van der Waals surface area contributed by atoms with Gasteiger partial charge in [-0.05, 0) is 136 Å². The Morgan fingerprint density at radius 1 is 0.461 bits per heavy atom. The molecule has 36 nitrogen and oxygen atoms in total. The number of carboxylic acid groups (broad SMARTS) is 3. The molecule has 0 bridgehead atoms. The van der Waals surface area contributed by atoms with Crippen LogP contribution in [0.4, 0.5) is 8.78 Å². The number of aliphatic hydroxyl groups is 1. The number of sulfonamides is 4. The third-order valence-corrected chi connectivity index (χ3v) is 19.7. The number of benzene rings is 8. The van der Waals surface area contributed by atoms with Gasteiger partial charge in [-0.3, -0.25) is 0 Å². The van der Waals surface area contributed by atoms with Crippen molar-refractivity contribution in [3.8, 4) is 11.5 Å². The molecule has 0 saturated heterocycles. The molecule has 1 aromatic heterocycles. The van der Waals surface area contributed by atoms with Gasteiger partial charge in [-0.15, -0.1) is 0 Å². The number of halogens is 4. The third kappa shape index (κ3) is 44.6. The molecule has 128 heavy (non-hydrogen) atoms. The summed E-state index contributed by atoms with van der Waals surface area (Å²) in [5.41, 5.74) is 12.3. The van der Waals surface area contributed by atoms with E-state index in [-0.39, 0.29) is 108 Å². The third-order valence-electron chi connectivity index (χ3n) is 16.4. The minimum absolute atomic E-state index is 0.00464. The summed E-state index contributed by atoms with van der Waals surface area (Å²) in [6, 6.07) is 53.0. The van der Waals surface area contributed by atoms with Gasteiger partial charge in [0.05, 0.1) is 59.4 Å². The number of hydrogen-bond acceptors (Lipinski definition) is 28. The van der Waals surface area contributed by atoms with Crippen molar-refractivity contribution in [2.75, 3.05) is 58.1 Å². The SMILES string of the molecule is CS(=O)(=O)NCc1ccc(C(=O)O)cc1.CS(=O)(=O)NCc1ccc(C(=O)OCC(=O)O)cc1.CS(=O)(=O)NCc1ccc(C(=O)OCC(=O)OCc2ccccc2)cc1.CS(=O)(=O)NCc1ccc(C(=O)OCC(=O)O[C@@H](Cc2c(Cl)c[n+]([O-])cc2Cl)c2ccc(OC(F)F)c(OCC3CC3)c2)cc1.NCc1ccc(C(=O)O)cc1.O=C(CO)OCc1ccccc1. The standard InChI is InChI=1S/C29H28Cl2F2N2O9S.C18H19NO6S.C11H13NO6S.C9H11NO4S.C9H10O3.C8H9NO2/c1-45(39,40)34-12-17-4-6-19(7-5-17)28(37)42-16-27(36)43-25(11-21-22(30)13-35(38)14-23(21)31)20-8-9-24(44-29(32)33)26(10-20)41-15-18-2-3-18;1-26(22,23)19-11-14-7-9-16(10-8-14)18(21)25-13-17(20)24-12-15-5-3-2-4-6-15;1-19(16,17)12-6-8-2-4-9(5-3-8)11(15)18-7-10(13)14;1-15(13,14)10-6-7-2-4-8(5-3-7)9(11)12;10-6-9(11)12-7-8-4-2-1-3-5-8;9-5-6-1-3-7(4-2-6)8(10)11/h4-10,13-14,18,25,29,34H,2-3,11-12,15-16H2,1H3;2-10,19H,11-13H2,1H3;2-5,12H,6-7H2,1H3,(H,13,14);2-5,10H,6H2,1H3,(H,11,12);1-5,10H,6-7H2;1-4H,5,9H2,(H,10,11)/t25-;;;;;/m0...../s1. The summed E-state index contributed by atoms with van der Waals surface area (Å²) < 4.78 is 164. The second-order valence-electron chi connectivity index (χ2n) is 27.1. The molecule has 688 valence electrons. The molecule has 44 heteroatoms. The largest absolute Gasteiger partial charge is 0.619 e. The minimum Gasteiger partial charge on any atom is -0.619 e. The lowest BCUT2D eigenvalue weighted by Crippen LogP contribution is -2.26. The van der Waals surface area contributed by atoms with Gasteiger partial charge in [0.2, 0.25) is 40.1 Å². The van der Waals surface area contributed by atoms with E-state index in [0.717, 1.165) is 66.9 Å². The van der Waals surface area contributed by atoms with E-state index in [1.54, 1.807) is 60.7 Å². The molecule has 0 amide bonds. The second kappa shape index (κ2) is 53.2. The number of ether oxygens (including phenoxy) is 8. The molecule has 1 aliphatic carbocycles. The fourth-order valence-corrected chi connectivity index (χ4v) is 12.0. The van der Waals surface area contributed by atoms with E-state index in [2.05, 4.69) is 33.1 Å². The van der Waals surface area contributed by atoms with Crippen molar-refractivity contribution in [2.45, 2.75) is 77.9 Å². The van der Waals surface area contributed by atoms with Gasteiger partial charge in [-0.2, -0.15) is 13.5 Å². The lowest BCUT2D eigenvalue weighted by atomic mass is 10.0. The molecular formula is C84H90Cl2F2N6O30S4. The maximum atomic E-state index is 13.1. The number of nitrogens with zero attached hydrogens (tertiary/aromatic N) is 1. The van der Waals surface area contributed by atoms with E-state index in [0.29, 0.717) is 44.7 Å². The van der Waals surface area contributed by atoms with Crippen molar-refractivity contribution in [3.63, 3.8) is 0 Å². The molecule has 8 aromatic carbocycles. The van der Waals surface area contributed by atoms with E-state index < -0.39 is 133 Å². The number of esters is 6. The van der Waals surface area contributed by atoms with Crippen LogP contribution in [0.25, 0.3) is 0 Å². The maximum Gasteiger partial charge on any atom is 0.387 e. The number of rotatable bonds is 38. The summed E-state index contributed by atoms with van der Waals surface area (Å²) in [7, 11) is -13.2. The second-order valence-corrected chi connectivity index (χ2v) is 35.2. The van der Waals surface area contributed by atoms with Gasteiger partial charge >= 0.3 is 60.3 Å². The Morgan fingerprint density at radius 2 is 0.812 bits per heavy atom. The first-order valence-electron chi connectivity index (χ1n) is 37.4. The van der Waals surface area contributed by atoms with E-state index in [4.69, 9.17) is 73.0 Å². The highest BCUT2D eigenvalue weighted by molar-refractivity contribution is 7.89. The van der Waals surface area contributed by atoms with Crippen LogP contribution in [0.2, 0.25) is 10.0 Å². The highest BCUT2D eigenvalue weighted by Crippen LogP contribution is 2.38. The number of hydrogen-bond donors (Lipinski definition) is 9. The zero-order valence-corrected chi connectivity index (χ0v) is 73.4. The summed E-state index contributed by atoms with van der Waals surface area (Å²) in [4.78, 5) is 102. The number of aromatic nitrogens is 1. The van der Waals surface area contributed by atoms with Crippen molar-refractivity contribution in [3.05, 3.63) is 306 Å². The Balaban J connectivity index is 0.000000296. The fraction of sp³-hybridized carbons (Fsp3) is 0.262. The Labute approximate surface area is 744 Å². The van der Waals surface area contributed by atoms with Crippen LogP contribution in [-0.2, 0) is 140 Å². The van der Waals surface area contributed by atoms with E-state index in [9.17, 15) is 90.8 Å². The first kappa shape index (κ1) is 106. The Bertz CT molecular complexity index is 5640. The zero-order chi connectivity index (χ0) is 94.7.